The molecule has 1 unspecified atom stereocenters. The molecule has 1 fully saturated rings. The second kappa shape index (κ2) is 8.19. The summed E-state index contributed by atoms with van der Waals surface area (Å²) in [7, 11) is 0. The van der Waals surface area contributed by atoms with Gasteiger partial charge in [0.25, 0.3) is 0 Å². The number of hydrogen-bond donors (Lipinski definition) is 1. The quantitative estimate of drug-likeness (QED) is 0.876. The monoisotopic (exact) mass is 340 g/mol. The van der Waals surface area contributed by atoms with Crippen molar-refractivity contribution in [2.45, 2.75) is 46.2 Å². The number of carbonyl (C=O) groups excluding carboxylic acids is 1. The van der Waals surface area contributed by atoms with Gasteiger partial charge in [-0.3, -0.25) is 0 Å². The predicted octanol–water partition coefficient (Wildman–Crippen LogP) is 3.38. The molecule has 0 saturated carbocycles. The number of nitrogens with one attached hydrogen (secondary N) is 1. The molecule has 1 aliphatic rings. The molecule has 5 heteroatoms. The van der Waals surface area contributed by atoms with Gasteiger partial charge in [0.1, 0.15) is 5.82 Å². The fraction of sp³-hybridized carbons (Fsp3) is 0.500. The van der Waals surface area contributed by atoms with Gasteiger partial charge >= 0.3 is 6.03 Å². The van der Waals surface area contributed by atoms with Gasteiger partial charge in [0.2, 0.25) is 0 Å². The lowest BCUT2D eigenvalue weighted by Crippen LogP contribution is -2.38. The van der Waals surface area contributed by atoms with E-state index < -0.39 is 0 Å². The van der Waals surface area contributed by atoms with Crippen LogP contribution in [0.25, 0.3) is 0 Å². The van der Waals surface area contributed by atoms with Crippen molar-refractivity contribution in [2.24, 2.45) is 5.92 Å². The number of aromatic nitrogens is 2. The lowest BCUT2D eigenvalue weighted by Gasteiger charge is -2.18. The Hall–Kier alpha value is -2.30. The van der Waals surface area contributed by atoms with Crippen LogP contribution in [0.5, 0.6) is 0 Å². The molecule has 1 aliphatic heterocycles. The Labute approximate surface area is 150 Å². The van der Waals surface area contributed by atoms with Crippen molar-refractivity contribution < 1.29 is 4.79 Å². The maximum atomic E-state index is 12.4. The van der Waals surface area contributed by atoms with Crippen LogP contribution in [0.1, 0.15) is 36.8 Å². The van der Waals surface area contributed by atoms with E-state index in [1.165, 1.54) is 5.69 Å². The lowest BCUT2D eigenvalue weighted by molar-refractivity contribution is 0.206. The zero-order valence-electron chi connectivity index (χ0n) is 15.2. The number of hydrogen-bond acceptors (Lipinski definition) is 2. The summed E-state index contributed by atoms with van der Waals surface area (Å²) in [5.41, 5.74) is 2.36. The highest BCUT2D eigenvalue weighted by molar-refractivity contribution is 5.74. The van der Waals surface area contributed by atoms with Gasteiger partial charge < -0.3 is 14.8 Å². The average Bonchev–Trinajstić information content (AvgIpc) is 3.23. The Morgan fingerprint density at radius 3 is 2.88 bits per heavy atom. The predicted molar refractivity (Wildman–Crippen MR) is 99.3 cm³/mol. The maximum absolute atomic E-state index is 12.4. The topological polar surface area (TPSA) is 50.2 Å². The van der Waals surface area contributed by atoms with Crippen molar-refractivity contribution >= 4 is 6.03 Å². The van der Waals surface area contributed by atoms with E-state index in [0.717, 1.165) is 50.3 Å². The van der Waals surface area contributed by atoms with Gasteiger partial charge in [-0.05, 0) is 31.2 Å². The minimum Gasteiger partial charge on any atom is -0.334 e. The molecule has 2 aromatic rings. The molecule has 5 nitrogen and oxygen atoms in total. The molecule has 1 atom stereocenters. The Morgan fingerprint density at radius 1 is 1.32 bits per heavy atom. The number of urea groups is 1. The fourth-order valence-corrected chi connectivity index (χ4v) is 3.53. The largest absolute Gasteiger partial charge is 0.334 e. The molecule has 0 aliphatic carbocycles. The average molecular weight is 340 g/mol. The number of amides is 2. The molecular formula is C20H28N4O. The first-order chi connectivity index (χ1) is 12.2. The lowest BCUT2D eigenvalue weighted by atomic mass is 10.0. The molecule has 134 valence electrons. The molecule has 25 heavy (non-hydrogen) atoms. The minimum absolute atomic E-state index is 0.0411. The van der Waals surface area contributed by atoms with Crippen molar-refractivity contribution in [3.05, 3.63) is 53.6 Å². The van der Waals surface area contributed by atoms with E-state index in [2.05, 4.69) is 28.7 Å². The molecule has 3 rings (SSSR count). The Kier molecular flexibility index (Phi) is 5.74. The van der Waals surface area contributed by atoms with Crippen molar-refractivity contribution in [2.75, 3.05) is 13.1 Å². The van der Waals surface area contributed by atoms with E-state index in [0.29, 0.717) is 12.5 Å². The fourth-order valence-electron chi connectivity index (χ4n) is 3.53. The first-order valence-corrected chi connectivity index (χ1v) is 9.25. The van der Waals surface area contributed by atoms with Gasteiger partial charge in [-0.25, -0.2) is 9.78 Å². The number of carbonyl (C=O) groups is 1. The Bertz CT molecular complexity index is 695. The molecule has 0 bridgehead atoms. The Morgan fingerprint density at radius 2 is 2.12 bits per heavy atom. The number of rotatable bonds is 6. The second-order valence-corrected chi connectivity index (χ2v) is 6.92. The van der Waals surface area contributed by atoms with Gasteiger partial charge in [0.05, 0.1) is 0 Å². The van der Waals surface area contributed by atoms with Crippen LogP contribution in [0.4, 0.5) is 4.79 Å². The third-order valence-corrected chi connectivity index (χ3v) is 4.92. The summed E-state index contributed by atoms with van der Waals surface area (Å²) >= 11 is 0. The van der Waals surface area contributed by atoms with Crippen LogP contribution in [0.15, 0.2) is 36.5 Å². The van der Waals surface area contributed by atoms with Crippen LogP contribution in [-0.2, 0) is 19.5 Å². The highest BCUT2D eigenvalue weighted by Gasteiger charge is 2.27. The van der Waals surface area contributed by atoms with Crippen LogP contribution >= 0.6 is 0 Å². The maximum Gasteiger partial charge on any atom is 0.317 e. The van der Waals surface area contributed by atoms with Gasteiger partial charge in [-0.15, -0.1) is 0 Å². The summed E-state index contributed by atoms with van der Waals surface area (Å²) in [6.07, 6.45) is 5.08. The summed E-state index contributed by atoms with van der Waals surface area (Å²) in [5.74, 6) is 1.66. The van der Waals surface area contributed by atoms with Gasteiger partial charge in [-0.1, -0.05) is 37.3 Å². The van der Waals surface area contributed by atoms with E-state index in [4.69, 9.17) is 0 Å². The summed E-state index contributed by atoms with van der Waals surface area (Å²) in [6.45, 7) is 7.56. The third kappa shape index (κ3) is 4.41. The van der Waals surface area contributed by atoms with Crippen LogP contribution in [-0.4, -0.2) is 33.6 Å². The number of imidazole rings is 1. The van der Waals surface area contributed by atoms with E-state index in [1.807, 2.05) is 41.4 Å². The highest BCUT2D eigenvalue weighted by Crippen LogP contribution is 2.21. The van der Waals surface area contributed by atoms with Crippen molar-refractivity contribution in [3.8, 4) is 0 Å². The van der Waals surface area contributed by atoms with E-state index in [1.54, 1.807) is 0 Å². The summed E-state index contributed by atoms with van der Waals surface area (Å²) < 4.78 is 2.32. The van der Waals surface area contributed by atoms with E-state index in [9.17, 15) is 4.79 Å². The zero-order chi connectivity index (χ0) is 17.6. The molecule has 1 aromatic heterocycles. The standard InChI is InChI=1S/C20H28N4O/c1-3-10-24-16(2)13-21-19(24)12-18-9-11-23(15-18)20(25)22-14-17-7-5-4-6-8-17/h4-8,13,18H,3,9-12,14-15H2,1-2H3,(H,22,25). The molecule has 0 radical (unpaired) electrons. The van der Waals surface area contributed by atoms with Crippen LogP contribution in [0.2, 0.25) is 0 Å². The van der Waals surface area contributed by atoms with Crippen LogP contribution in [0, 0.1) is 12.8 Å². The zero-order valence-corrected chi connectivity index (χ0v) is 15.2. The van der Waals surface area contributed by atoms with E-state index in [-0.39, 0.29) is 6.03 Å². The van der Waals surface area contributed by atoms with Crippen LogP contribution < -0.4 is 5.32 Å². The smallest absolute Gasteiger partial charge is 0.317 e. The van der Waals surface area contributed by atoms with Crippen molar-refractivity contribution in [1.29, 1.82) is 0 Å². The molecule has 2 heterocycles. The van der Waals surface area contributed by atoms with Crippen molar-refractivity contribution in [3.63, 3.8) is 0 Å². The van der Waals surface area contributed by atoms with E-state index >= 15 is 0 Å². The first-order valence-electron chi connectivity index (χ1n) is 9.25. The molecule has 2 amide bonds. The molecule has 1 saturated heterocycles. The summed E-state index contributed by atoms with van der Waals surface area (Å²) in [5, 5.41) is 3.03. The molecule has 1 aromatic carbocycles. The molecular weight excluding hydrogens is 312 g/mol. The number of benzene rings is 1. The SMILES string of the molecule is CCCn1c(C)cnc1CC1CCN(C(=O)NCc2ccccc2)C1. The number of likely N-dealkylation sites (tertiary alicyclic amines) is 1. The molecule has 1 N–H and O–H groups in total. The normalized spacial score (nSPS) is 17.0. The first kappa shape index (κ1) is 17.5. The third-order valence-electron chi connectivity index (χ3n) is 4.92. The van der Waals surface area contributed by atoms with Gasteiger partial charge in [-0.2, -0.15) is 0 Å². The summed E-state index contributed by atoms with van der Waals surface area (Å²) in [4.78, 5) is 18.9. The second-order valence-electron chi connectivity index (χ2n) is 6.92. The Balaban J connectivity index is 1.50. The number of nitrogens with zero attached hydrogens (tertiary/aromatic N) is 3. The van der Waals surface area contributed by atoms with Crippen molar-refractivity contribution in [1.82, 2.24) is 19.8 Å². The minimum atomic E-state index is 0.0411. The van der Waals surface area contributed by atoms with Gasteiger partial charge in [0.15, 0.2) is 0 Å². The highest BCUT2D eigenvalue weighted by atomic mass is 16.2. The molecule has 0 spiro atoms. The summed E-state index contributed by atoms with van der Waals surface area (Å²) in [6, 6.07) is 10.1. The number of aryl methyl sites for hydroxylation is 1. The van der Waals surface area contributed by atoms with Gasteiger partial charge in [0, 0.05) is 44.5 Å². The van der Waals surface area contributed by atoms with Crippen LogP contribution in [0.3, 0.4) is 0 Å².